The van der Waals surface area contributed by atoms with Gasteiger partial charge in [0.25, 0.3) is 0 Å². The van der Waals surface area contributed by atoms with Crippen LogP contribution in [0.2, 0.25) is 0 Å². The zero-order chi connectivity index (χ0) is 15.2. The molecule has 2 rings (SSSR count). The fourth-order valence-electron chi connectivity index (χ4n) is 2.52. The summed E-state index contributed by atoms with van der Waals surface area (Å²) in [6.45, 7) is 8.26. The van der Waals surface area contributed by atoms with Gasteiger partial charge in [0.1, 0.15) is 0 Å². The van der Waals surface area contributed by atoms with Gasteiger partial charge in [-0.3, -0.25) is 0 Å². The predicted octanol–water partition coefficient (Wildman–Crippen LogP) is 4.08. The lowest BCUT2D eigenvalue weighted by atomic mass is 10.0. The Morgan fingerprint density at radius 2 is 1.57 bits per heavy atom. The first-order chi connectivity index (χ1) is 10.1. The van der Waals surface area contributed by atoms with Gasteiger partial charge in [-0.15, -0.1) is 0 Å². The summed E-state index contributed by atoms with van der Waals surface area (Å²) >= 11 is 0. The molecule has 2 aromatic rings. The van der Waals surface area contributed by atoms with Crippen LogP contribution < -0.4 is 10.6 Å². The summed E-state index contributed by atoms with van der Waals surface area (Å²) in [5, 5.41) is 0. The van der Waals surface area contributed by atoms with Crippen molar-refractivity contribution < 1.29 is 0 Å². The number of nitrogens with two attached hydrogens (primary N) is 1. The SMILES string of the molecule is CCc1ccc(C(N)CN(CC)c2ccc(C)cc2)cc1. The summed E-state index contributed by atoms with van der Waals surface area (Å²) < 4.78 is 0. The van der Waals surface area contributed by atoms with Crippen molar-refractivity contribution in [2.45, 2.75) is 33.2 Å². The Morgan fingerprint density at radius 3 is 2.10 bits per heavy atom. The minimum Gasteiger partial charge on any atom is -0.370 e. The van der Waals surface area contributed by atoms with E-state index in [9.17, 15) is 0 Å². The van der Waals surface area contributed by atoms with E-state index >= 15 is 0 Å². The van der Waals surface area contributed by atoms with Gasteiger partial charge in [0, 0.05) is 24.8 Å². The Bertz CT molecular complexity index is 543. The molecule has 0 spiro atoms. The third-order valence-corrected chi connectivity index (χ3v) is 4.01. The molecule has 0 aromatic heterocycles. The van der Waals surface area contributed by atoms with Crippen molar-refractivity contribution in [1.29, 1.82) is 0 Å². The molecule has 2 aromatic carbocycles. The van der Waals surface area contributed by atoms with Gasteiger partial charge in [-0.2, -0.15) is 0 Å². The van der Waals surface area contributed by atoms with Crippen LogP contribution in [0.5, 0.6) is 0 Å². The van der Waals surface area contributed by atoms with Gasteiger partial charge in [0.2, 0.25) is 0 Å². The zero-order valence-electron chi connectivity index (χ0n) is 13.3. The van der Waals surface area contributed by atoms with Crippen molar-refractivity contribution in [2.24, 2.45) is 5.73 Å². The van der Waals surface area contributed by atoms with Crippen molar-refractivity contribution >= 4 is 5.69 Å². The standard InChI is InChI=1S/C19H26N2/c1-4-16-8-10-17(11-9-16)19(20)14-21(5-2)18-12-6-15(3)7-13-18/h6-13,19H,4-5,14,20H2,1-3H3. The Morgan fingerprint density at radius 1 is 0.952 bits per heavy atom. The molecule has 0 saturated carbocycles. The molecule has 21 heavy (non-hydrogen) atoms. The molecule has 0 bridgehead atoms. The third kappa shape index (κ3) is 4.08. The van der Waals surface area contributed by atoms with Gasteiger partial charge in [0.15, 0.2) is 0 Å². The highest BCUT2D eigenvalue weighted by molar-refractivity contribution is 5.47. The van der Waals surface area contributed by atoms with Crippen LogP contribution in [0.3, 0.4) is 0 Å². The highest BCUT2D eigenvalue weighted by Gasteiger charge is 2.11. The highest BCUT2D eigenvalue weighted by atomic mass is 15.1. The van der Waals surface area contributed by atoms with E-state index in [2.05, 4.69) is 74.2 Å². The second kappa shape index (κ2) is 7.28. The maximum Gasteiger partial charge on any atom is 0.0473 e. The number of likely N-dealkylation sites (N-methyl/N-ethyl adjacent to an activating group) is 1. The molecule has 0 aliphatic carbocycles. The largest absolute Gasteiger partial charge is 0.370 e. The van der Waals surface area contributed by atoms with Gasteiger partial charge in [-0.1, -0.05) is 48.9 Å². The molecule has 1 atom stereocenters. The summed E-state index contributed by atoms with van der Waals surface area (Å²) in [6.07, 6.45) is 1.07. The van der Waals surface area contributed by atoms with E-state index in [1.54, 1.807) is 0 Å². The van der Waals surface area contributed by atoms with Crippen molar-refractivity contribution in [3.05, 3.63) is 65.2 Å². The van der Waals surface area contributed by atoms with Gasteiger partial charge in [0.05, 0.1) is 0 Å². The number of anilines is 1. The lowest BCUT2D eigenvalue weighted by molar-refractivity contribution is 0.676. The number of rotatable bonds is 6. The van der Waals surface area contributed by atoms with Crippen LogP contribution in [-0.4, -0.2) is 13.1 Å². The van der Waals surface area contributed by atoms with E-state index in [4.69, 9.17) is 5.73 Å². The highest BCUT2D eigenvalue weighted by Crippen LogP contribution is 2.19. The molecule has 2 nitrogen and oxygen atoms in total. The quantitative estimate of drug-likeness (QED) is 0.865. The van der Waals surface area contributed by atoms with E-state index in [0.29, 0.717) is 0 Å². The first-order valence-electron chi connectivity index (χ1n) is 7.80. The minimum absolute atomic E-state index is 0.0390. The van der Waals surface area contributed by atoms with Gasteiger partial charge in [-0.25, -0.2) is 0 Å². The average Bonchev–Trinajstić information content (AvgIpc) is 2.53. The fraction of sp³-hybridized carbons (Fsp3) is 0.368. The fourth-order valence-corrected chi connectivity index (χ4v) is 2.52. The van der Waals surface area contributed by atoms with E-state index < -0.39 is 0 Å². The van der Waals surface area contributed by atoms with Crippen LogP contribution in [0, 0.1) is 6.92 Å². The van der Waals surface area contributed by atoms with E-state index in [1.807, 2.05) is 0 Å². The van der Waals surface area contributed by atoms with Crippen LogP contribution in [0.25, 0.3) is 0 Å². The molecule has 0 amide bonds. The lowest BCUT2D eigenvalue weighted by Gasteiger charge is -2.27. The average molecular weight is 282 g/mol. The van der Waals surface area contributed by atoms with E-state index in [1.165, 1.54) is 22.4 Å². The molecule has 0 saturated heterocycles. The molecular formula is C19H26N2. The molecule has 2 N–H and O–H groups in total. The normalized spacial score (nSPS) is 12.2. The van der Waals surface area contributed by atoms with Crippen molar-refractivity contribution in [3.8, 4) is 0 Å². The van der Waals surface area contributed by atoms with Crippen LogP contribution in [0.15, 0.2) is 48.5 Å². The number of hydrogen-bond donors (Lipinski definition) is 1. The van der Waals surface area contributed by atoms with Crippen LogP contribution in [0.4, 0.5) is 5.69 Å². The molecule has 1 unspecified atom stereocenters. The number of hydrogen-bond acceptors (Lipinski definition) is 2. The second-order valence-corrected chi connectivity index (χ2v) is 5.58. The minimum atomic E-state index is 0.0390. The Hall–Kier alpha value is -1.80. The molecule has 0 radical (unpaired) electrons. The first kappa shape index (κ1) is 15.6. The van der Waals surface area contributed by atoms with Gasteiger partial charge < -0.3 is 10.6 Å². The number of benzene rings is 2. The molecule has 0 heterocycles. The van der Waals surface area contributed by atoms with Crippen molar-refractivity contribution in [1.82, 2.24) is 0 Å². The Labute approximate surface area is 128 Å². The predicted molar refractivity (Wildman–Crippen MR) is 91.8 cm³/mol. The zero-order valence-corrected chi connectivity index (χ0v) is 13.3. The number of aryl methyl sites for hydroxylation is 2. The maximum atomic E-state index is 6.39. The third-order valence-electron chi connectivity index (χ3n) is 4.01. The Kier molecular flexibility index (Phi) is 5.40. The smallest absolute Gasteiger partial charge is 0.0473 e. The molecular weight excluding hydrogens is 256 g/mol. The van der Waals surface area contributed by atoms with E-state index in [0.717, 1.165) is 19.5 Å². The molecule has 0 fully saturated rings. The maximum absolute atomic E-state index is 6.39. The summed E-state index contributed by atoms with van der Waals surface area (Å²) in [5.41, 5.74) is 11.5. The molecule has 0 aliphatic rings. The summed E-state index contributed by atoms with van der Waals surface area (Å²) in [6, 6.07) is 17.4. The van der Waals surface area contributed by atoms with Crippen LogP contribution in [-0.2, 0) is 6.42 Å². The monoisotopic (exact) mass is 282 g/mol. The van der Waals surface area contributed by atoms with E-state index in [-0.39, 0.29) is 6.04 Å². The summed E-state index contributed by atoms with van der Waals surface area (Å²) in [4.78, 5) is 2.33. The Balaban J connectivity index is 2.08. The summed E-state index contributed by atoms with van der Waals surface area (Å²) in [5.74, 6) is 0. The lowest BCUT2D eigenvalue weighted by Crippen LogP contribution is -2.32. The van der Waals surface area contributed by atoms with Gasteiger partial charge >= 0.3 is 0 Å². The van der Waals surface area contributed by atoms with Crippen LogP contribution >= 0.6 is 0 Å². The van der Waals surface area contributed by atoms with Crippen molar-refractivity contribution in [3.63, 3.8) is 0 Å². The molecule has 112 valence electrons. The molecule has 2 heteroatoms. The summed E-state index contributed by atoms with van der Waals surface area (Å²) in [7, 11) is 0. The number of nitrogens with zero attached hydrogens (tertiary/aromatic N) is 1. The van der Waals surface area contributed by atoms with Crippen LogP contribution in [0.1, 0.15) is 36.6 Å². The second-order valence-electron chi connectivity index (χ2n) is 5.58. The van der Waals surface area contributed by atoms with Crippen molar-refractivity contribution in [2.75, 3.05) is 18.0 Å². The topological polar surface area (TPSA) is 29.3 Å². The van der Waals surface area contributed by atoms with Gasteiger partial charge in [-0.05, 0) is 43.5 Å². The molecule has 0 aliphatic heterocycles. The first-order valence-corrected chi connectivity index (χ1v) is 7.80.